The van der Waals surface area contributed by atoms with Crippen molar-refractivity contribution in [1.82, 2.24) is 0 Å². The molecule has 0 rings (SSSR count). The third kappa shape index (κ3) is 7.10. The van der Waals surface area contributed by atoms with Gasteiger partial charge in [0.25, 0.3) is 0 Å². The molecule has 0 aromatic rings. The summed E-state index contributed by atoms with van der Waals surface area (Å²) in [4.78, 5) is 0. The van der Waals surface area contributed by atoms with Crippen molar-refractivity contribution in [3.05, 3.63) is 0 Å². The Labute approximate surface area is 80.3 Å². The van der Waals surface area contributed by atoms with Crippen LogP contribution in [-0.4, -0.2) is 11.8 Å². The normalized spacial score (nSPS) is 13.5. The lowest BCUT2D eigenvalue weighted by Gasteiger charge is -2.19. The van der Waals surface area contributed by atoms with Gasteiger partial charge in [-0.2, -0.15) is 0 Å². The molecule has 0 amide bonds. The van der Waals surface area contributed by atoms with Crippen LogP contribution >= 0.6 is 8.58 Å². The Balaban J connectivity index is 3.41. The minimum Gasteiger partial charge on any atom is -0.119 e. The van der Waals surface area contributed by atoms with Crippen molar-refractivity contribution in [2.24, 2.45) is 5.41 Å². The molecule has 74 valence electrons. The highest BCUT2D eigenvalue weighted by molar-refractivity contribution is 7.38. The van der Waals surface area contributed by atoms with Gasteiger partial charge in [0.15, 0.2) is 0 Å². The number of hydrogen-bond acceptors (Lipinski definition) is 0. The van der Waals surface area contributed by atoms with E-state index in [1.165, 1.54) is 34.0 Å². The molecule has 0 aromatic heterocycles. The Morgan fingerprint density at radius 1 is 1.08 bits per heavy atom. The van der Waals surface area contributed by atoms with Crippen LogP contribution in [0.3, 0.4) is 0 Å². The van der Waals surface area contributed by atoms with E-state index >= 15 is 0 Å². The topological polar surface area (TPSA) is 0 Å². The quantitative estimate of drug-likeness (QED) is 0.564. The van der Waals surface area contributed by atoms with Gasteiger partial charge in [-0.15, -0.1) is 8.58 Å². The molecule has 0 spiro atoms. The van der Waals surface area contributed by atoms with E-state index in [0.29, 0.717) is 5.41 Å². The molecule has 0 aliphatic carbocycles. The van der Waals surface area contributed by atoms with Gasteiger partial charge in [-0.3, -0.25) is 0 Å². The lowest BCUT2D eigenvalue weighted by molar-refractivity contribution is 0.400. The van der Waals surface area contributed by atoms with Crippen LogP contribution in [-0.2, 0) is 0 Å². The van der Waals surface area contributed by atoms with Crippen LogP contribution < -0.4 is 0 Å². The van der Waals surface area contributed by atoms with Crippen LogP contribution in [0.25, 0.3) is 0 Å². The first-order valence-corrected chi connectivity index (χ1v) is 6.51. The van der Waals surface area contributed by atoms with Gasteiger partial charge < -0.3 is 0 Å². The molecule has 0 N–H and O–H groups in total. The van der Waals surface area contributed by atoms with Crippen molar-refractivity contribution in [2.45, 2.75) is 59.5 Å². The largest absolute Gasteiger partial charge is 0.119 e. The summed E-state index contributed by atoms with van der Waals surface area (Å²) < 4.78 is 0. The molecule has 12 heavy (non-hydrogen) atoms. The van der Waals surface area contributed by atoms with Gasteiger partial charge in [0.2, 0.25) is 0 Å². The molecule has 0 saturated carbocycles. The summed E-state index contributed by atoms with van der Waals surface area (Å²) in [6, 6.07) is 0. The lowest BCUT2D eigenvalue weighted by atomic mass is 9.94. The summed E-state index contributed by atoms with van der Waals surface area (Å²) in [6.07, 6.45) is 5.58. The molecular formula is C11H25P. The van der Waals surface area contributed by atoms with E-state index < -0.39 is 0 Å². The van der Waals surface area contributed by atoms with Crippen molar-refractivity contribution in [1.29, 1.82) is 0 Å². The molecule has 0 saturated heterocycles. The van der Waals surface area contributed by atoms with Crippen molar-refractivity contribution in [2.75, 3.05) is 6.16 Å². The molecule has 0 radical (unpaired) electrons. The summed E-state index contributed by atoms with van der Waals surface area (Å²) >= 11 is 0. The van der Waals surface area contributed by atoms with E-state index in [-0.39, 0.29) is 0 Å². The molecule has 0 bridgehead atoms. The summed E-state index contributed by atoms with van der Waals surface area (Å²) in [5, 5.41) is 0. The first kappa shape index (κ1) is 12.4. The second-order valence-electron chi connectivity index (χ2n) is 4.78. The molecule has 0 aliphatic rings. The predicted molar refractivity (Wildman–Crippen MR) is 61.6 cm³/mol. The Kier molecular flexibility index (Phi) is 6.19. The van der Waals surface area contributed by atoms with E-state index in [9.17, 15) is 0 Å². The molecule has 0 heterocycles. The van der Waals surface area contributed by atoms with Crippen molar-refractivity contribution in [3.8, 4) is 0 Å². The molecule has 1 unspecified atom stereocenters. The van der Waals surface area contributed by atoms with Gasteiger partial charge in [0.05, 0.1) is 0 Å². The van der Waals surface area contributed by atoms with Gasteiger partial charge >= 0.3 is 0 Å². The maximum absolute atomic E-state index is 2.34. The van der Waals surface area contributed by atoms with E-state index in [1.807, 2.05) is 0 Å². The highest BCUT2D eigenvalue weighted by atomic mass is 31.1. The molecule has 1 atom stereocenters. The highest BCUT2D eigenvalue weighted by Gasteiger charge is 2.10. The molecule has 0 fully saturated rings. The average molecular weight is 188 g/mol. The minimum atomic E-state index is 0.541. The first-order chi connectivity index (χ1) is 5.49. The molecular weight excluding hydrogens is 163 g/mol. The van der Waals surface area contributed by atoms with Gasteiger partial charge in [-0.05, 0) is 36.5 Å². The van der Waals surface area contributed by atoms with E-state index in [1.54, 1.807) is 0 Å². The first-order valence-electron chi connectivity index (χ1n) is 5.23. The standard InChI is InChI=1S/C11H25P/c1-6-10(7-2)12-9-8-11(3,4)5/h10,12H,6-9H2,1-5H3. The lowest BCUT2D eigenvalue weighted by Crippen LogP contribution is -2.07. The molecule has 0 aliphatic heterocycles. The third-order valence-electron chi connectivity index (χ3n) is 2.29. The van der Waals surface area contributed by atoms with Crippen LogP contribution in [0.2, 0.25) is 0 Å². The number of rotatable bonds is 5. The average Bonchev–Trinajstić information content (AvgIpc) is 1.96. The Morgan fingerprint density at radius 3 is 1.92 bits per heavy atom. The fraction of sp³-hybridized carbons (Fsp3) is 1.00. The number of hydrogen-bond donors (Lipinski definition) is 0. The third-order valence-corrected chi connectivity index (χ3v) is 4.23. The van der Waals surface area contributed by atoms with Crippen LogP contribution in [0.5, 0.6) is 0 Å². The maximum Gasteiger partial charge on any atom is -0.0242 e. The molecule has 0 aromatic carbocycles. The van der Waals surface area contributed by atoms with Crippen LogP contribution in [0.4, 0.5) is 0 Å². The zero-order chi connectivity index (χ0) is 9.61. The van der Waals surface area contributed by atoms with Gasteiger partial charge in [0, 0.05) is 0 Å². The van der Waals surface area contributed by atoms with E-state index in [4.69, 9.17) is 0 Å². The Morgan fingerprint density at radius 2 is 1.58 bits per heavy atom. The summed E-state index contributed by atoms with van der Waals surface area (Å²) in [5.41, 5.74) is 1.55. The maximum atomic E-state index is 2.34. The van der Waals surface area contributed by atoms with Crippen LogP contribution in [0, 0.1) is 5.41 Å². The SMILES string of the molecule is CCC(CC)PCCC(C)(C)C. The zero-order valence-corrected chi connectivity index (χ0v) is 10.4. The smallest absolute Gasteiger partial charge is 0.0242 e. The van der Waals surface area contributed by atoms with Crippen LogP contribution in [0.1, 0.15) is 53.9 Å². The van der Waals surface area contributed by atoms with Gasteiger partial charge in [-0.25, -0.2) is 0 Å². The van der Waals surface area contributed by atoms with Crippen molar-refractivity contribution < 1.29 is 0 Å². The van der Waals surface area contributed by atoms with Gasteiger partial charge in [-0.1, -0.05) is 34.6 Å². The van der Waals surface area contributed by atoms with E-state index in [0.717, 1.165) is 5.66 Å². The zero-order valence-electron chi connectivity index (χ0n) is 9.41. The van der Waals surface area contributed by atoms with Crippen LogP contribution in [0.15, 0.2) is 0 Å². The second-order valence-corrected chi connectivity index (χ2v) is 6.50. The fourth-order valence-corrected chi connectivity index (χ4v) is 3.11. The van der Waals surface area contributed by atoms with Gasteiger partial charge in [0.1, 0.15) is 0 Å². The predicted octanol–water partition coefficient (Wildman–Crippen LogP) is 4.29. The Hall–Kier alpha value is 0.430. The van der Waals surface area contributed by atoms with Crippen molar-refractivity contribution in [3.63, 3.8) is 0 Å². The monoisotopic (exact) mass is 188 g/mol. The minimum absolute atomic E-state index is 0.541. The highest BCUT2D eigenvalue weighted by Crippen LogP contribution is 2.30. The molecule has 1 heteroatoms. The van der Waals surface area contributed by atoms with Crippen molar-refractivity contribution >= 4 is 8.58 Å². The summed E-state index contributed by atoms with van der Waals surface area (Å²) in [7, 11) is 1.20. The Bertz CT molecular complexity index is 98.1. The van der Waals surface area contributed by atoms with E-state index in [2.05, 4.69) is 34.6 Å². The molecule has 0 nitrogen and oxygen atoms in total. The summed E-state index contributed by atoms with van der Waals surface area (Å²) in [6.45, 7) is 11.6. The second kappa shape index (κ2) is 5.97. The fourth-order valence-electron chi connectivity index (χ4n) is 1.23. The summed E-state index contributed by atoms with van der Waals surface area (Å²) in [5.74, 6) is 0.